The van der Waals surface area contributed by atoms with Crippen LogP contribution >= 0.6 is 0 Å². The van der Waals surface area contributed by atoms with Crippen molar-refractivity contribution in [3.63, 3.8) is 0 Å². The van der Waals surface area contributed by atoms with E-state index in [-0.39, 0.29) is 11.9 Å². The van der Waals surface area contributed by atoms with E-state index in [1.165, 1.54) is 38.5 Å². The van der Waals surface area contributed by atoms with Gasteiger partial charge in [0.15, 0.2) is 0 Å². The van der Waals surface area contributed by atoms with Gasteiger partial charge < -0.3 is 5.32 Å². The first-order valence-electron chi connectivity index (χ1n) is 8.35. The van der Waals surface area contributed by atoms with E-state index in [2.05, 4.69) is 11.4 Å². The van der Waals surface area contributed by atoms with Gasteiger partial charge in [-0.05, 0) is 80.5 Å². The number of hydrogen-bond acceptors (Lipinski definition) is 2. The summed E-state index contributed by atoms with van der Waals surface area (Å²) >= 11 is 0. The van der Waals surface area contributed by atoms with E-state index in [1.54, 1.807) is 0 Å². The topological polar surface area (TPSA) is 52.9 Å². The smallest absolute Gasteiger partial charge is 0.221 e. The molecule has 20 heavy (non-hydrogen) atoms. The SMILES string of the molecule is N#CC(NC(=O)CC12CC3CC(CC(C3)C1)C2)C1CC1. The van der Waals surface area contributed by atoms with E-state index in [4.69, 9.17) is 5.26 Å². The Morgan fingerprint density at radius 1 is 1.15 bits per heavy atom. The Hall–Kier alpha value is -1.04. The lowest BCUT2D eigenvalue weighted by Crippen LogP contribution is -2.48. The molecule has 4 bridgehead atoms. The number of carbonyl (C=O) groups is 1. The molecule has 5 fully saturated rings. The van der Waals surface area contributed by atoms with Crippen LogP contribution in [0, 0.1) is 40.4 Å². The van der Waals surface area contributed by atoms with Crippen LogP contribution in [-0.2, 0) is 4.79 Å². The molecular weight excluding hydrogens is 248 g/mol. The Kier molecular flexibility index (Phi) is 2.84. The number of amides is 1. The Morgan fingerprint density at radius 3 is 2.15 bits per heavy atom. The lowest BCUT2D eigenvalue weighted by molar-refractivity contribution is -0.129. The molecule has 0 heterocycles. The Bertz CT molecular complexity index is 425. The van der Waals surface area contributed by atoms with Crippen molar-refractivity contribution in [3.05, 3.63) is 0 Å². The fourth-order valence-corrected chi connectivity index (χ4v) is 5.76. The van der Waals surface area contributed by atoms with Gasteiger partial charge in [-0.15, -0.1) is 0 Å². The Morgan fingerprint density at radius 2 is 1.70 bits per heavy atom. The summed E-state index contributed by atoms with van der Waals surface area (Å²) in [5.74, 6) is 3.25. The molecule has 5 saturated carbocycles. The lowest BCUT2D eigenvalue weighted by Gasteiger charge is -2.56. The number of nitrogens with one attached hydrogen (secondary N) is 1. The summed E-state index contributed by atoms with van der Waals surface area (Å²) in [4.78, 5) is 12.4. The van der Waals surface area contributed by atoms with Crippen molar-refractivity contribution < 1.29 is 4.79 Å². The van der Waals surface area contributed by atoms with Gasteiger partial charge in [0.05, 0.1) is 6.07 Å². The summed E-state index contributed by atoms with van der Waals surface area (Å²) < 4.78 is 0. The summed E-state index contributed by atoms with van der Waals surface area (Å²) in [7, 11) is 0. The Labute approximate surface area is 121 Å². The maximum atomic E-state index is 12.4. The zero-order chi connectivity index (χ0) is 13.7. The van der Waals surface area contributed by atoms with E-state index in [1.807, 2.05) is 0 Å². The van der Waals surface area contributed by atoms with Crippen LogP contribution in [0.1, 0.15) is 57.8 Å². The predicted octanol–water partition coefficient (Wildman–Crippen LogP) is 3.01. The van der Waals surface area contributed by atoms with Crippen molar-refractivity contribution in [3.8, 4) is 6.07 Å². The summed E-state index contributed by atoms with van der Waals surface area (Å²) in [5, 5.41) is 12.2. The van der Waals surface area contributed by atoms with Gasteiger partial charge in [-0.3, -0.25) is 4.79 Å². The fraction of sp³-hybridized carbons (Fsp3) is 0.882. The van der Waals surface area contributed by atoms with Gasteiger partial charge in [0, 0.05) is 6.42 Å². The molecule has 0 aliphatic heterocycles. The third-order valence-corrected chi connectivity index (χ3v) is 6.25. The predicted molar refractivity (Wildman–Crippen MR) is 75.5 cm³/mol. The highest BCUT2D eigenvalue weighted by atomic mass is 16.1. The average molecular weight is 272 g/mol. The number of rotatable bonds is 4. The van der Waals surface area contributed by atoms with Gasteiger partial charge >= 0.3 is 0 Å². The second-order valence-corrected chi connectivity index (χ2v) is 8.11. The molecule has 0 aromatic carbocycles. The molecule has 108 valence electrons. The lowest BCUT2D eigenvalue weighted by atomic mass is 9.49. The van der Waals surface area contributed by atoms with Gasteiger partial charge in [-0.1, -0.05) is 0 Å². The van der Waals surface area contributed by atoms with Crippen molar-refractivity contribution in [2.24, 2.45) is 29.1 Å². The molecule has 0 saturated heterocycles. The van der Waals surface area contributed by atoms with Gasteiger partial charge in [0.1, 0.15) is 6.04 Å². The van der Waals surface area contributed by atoms with E-state index in [9.17, 15) is 4.79 Å². The third kappa shape index (κ3) is 2.24. The molecule has 1 unspecified atom stereocenters. The number of nitriles is 1. The highest BCUT2D eigenvalue weighted by Gasteiger charge is 2.51. The molecule has 1 amide bonds. The zero-order valence-corrected chi connectivity index (χ0v) is 12.1. The normalized spacial score (nSPS) is 43.0. The average Bonchev–Trinajstić information content (AvgIpc) is 3.17. The van der Waals surface area contributed by atoms with Crippen LogP contribution in [0.2, 0.25) is 0 Å². The molecule has 0 aromatic heterocycles. The molecular formula is C17H24N2O. The minimum absolute atomic E-state index is 0.144. The fourth-order valence-electron chi connectivity index (χ4n) is 5.76. The molecule has 1 atom stereocenters. The van der Waals surface area contributed by atoms with Crippen molar-refractivity contribution in [1.29, 1.82) is 5.26 Å². The first-order valence-corrected chi connectivity index (χ1v) is 8.35. The van der Waals surface area contributed by atoms with Crippen LogP contribution in [0.5, 0.6) is 0 Å². The maximum Gasteiger partial charge on any atom is 0.221 e. The Balaban J connectivity index is 1.41. The van der Waals surface area contributed by atoms with E-state index in [0.717, 1.165) is 30.6 Å². The molecule has 0 spiro atoms. The molecule has 0 radical (unpaired) electrons. The minimum Gasteiger partial charge on any atom is -0.340 e. The number of nitrogens with zero attached hydrogens (tertiary/aromatic N) is 1. The van der Waals surface area contributed by atoms with Crippen molar-refractivity contribution in [2.75, 3.05) is 0 Å². The second kappa shape index (κ2) is 4.48. The van der Waals surface area contributed by atoms with Crippen LogP contribution in [0.15, 0.2) is 0 Å². The van der Waals surface area contributed by atoms with Gasteiger partial charge in [-0.2, -0.15) is 5.26 Å². The molecule has 1 N–H and O–H groups in total. The first kappa shape index (κ1) is 12.7. The van der Waals surface area contributed by atoms with E-state index in [0.29, 0.717) is 17.8 Å². The largest absolute Gasteiger partial charge is 0.340 e. The van der Waals surface area contributed by atoms with E-state index >= 15 is 0 Å². The quantitative estimate of drug-likeness (QED) is 0.855. The van der Waals surface area contributed by atoms with Crippen LogP contribution in [0.3, 0.4) is 0 Å². The zero-order valence-electron chi connectivity index (χ0n) is 12.1. The van der Waals surface area contributed by atoms with Crippen LogP contribution in [0.4, 0.5) is 0 Å². The van der Waals surface area contributed by atoms with Crippen molar-refractivity contribution in [2.45, 2.75) is 63.8 Å². The third-order valence-electron chi connectivity index (χ3n) is 6.25. The highest BCUT2D eigenvalue weighted by Crippen LogP contribution is 2.61. The second-order valence-electron chi connectivity index (χ2n) is 8.11. The molecule has 0 aromatic rings. The van der Waals surface area contributed by atoms with Crippen LogP contribution in [-0.4, -0.2) is 11.9 Å². The van der Waals surface area contributed by atoms with Crippen molar-refractivity contribution in [1.82, 2.24) is 5.32 Å². The molecule has 5 rings (SSSR count). The number of carbonyl (C=O) groups excluding carboxylic acids is 1. The van der Waals surface area contributed by atoms with Gasteiger partial charge in [0.2, 0.25) is 5.91 Å². The van der Waals surface area contributed by atoms with E-state index < -0.39 is 0 Å². The molecule has 3 nitrogen and oxygen atoms in total. The van der Waals surface area contributed by atoms with Crippen LogP contribution in [0.25, 0.3) is 0 Å². The number of hydrogen-bond donors (Lipinski definition) is 1. The summed E-state index contributed by atoms with van der Waals surface area (Å²) in [5.41, 5.74) is 0.294. The maximum absolute atomic E-state index is 12.4. The van der Waals surface area contributed by atoms with Gasteiger partial charge in [0.25, 0.3) is 0 Å². The minimum atomic E-state index is -0.226. The van der Waals surface area contributed by atoms with Gasteiger partial charge in [-0.25, -0.2) is 0 Å². The molecule has 5 aliphatic carbocycles. The highest BCUT2D eigenvalue weighted by molar-refractivity contribution is 5.77. The molecule has 3 heteroatoms. The first-order chi connectivity index (χ1) is 9.66. The summed E-state index contributed by atoms with van der Waals surface area (Å²) in [6.45, 7) is 0. The monoisotopic (exact) mass is 272 g/mol. The molecule has 5 aliphatic rings. The van der Waals surface area contributed by atoms with Crippen molar-refractivity contribution >= 4 is 5.91 Å². The summed E-state index contributed by atoms with van der Waals surface area (Å²) in [6, 6.07) is 2.05. The van der Waals surface area contributed by atoms with Crippen LogP contribution < -0.4 is 5.32 Å². The summed E-state index contributed by atoms with van der Waals surface area (Å²) in [6.07, 6.45) is 11.0. The standard InChI is InChI=1S/C17H24N2O/c18-10-15(14-1-2-14)19-16(20)9-17-6-11-3-12(7-17)5-13(4-11)8-17/h11-15H,1-9H2,(H,19,20).